The van der Waals surface area contributed by atoms with Crippen LogP contribution in [0, 0.1) is 0 Å². The summed E-state index contributed by atoms with van der Waals surface area (Å²) in [5, 5.41) is 21.7. The van der Waals surface area contributed by atoms with Gasteiger partial charge in [0.1, 0.15) is 11.9 Å². The third-order valence-electron chi connectivity index (χ3n) is 3.62. The van der Waals surface area contributed by atoms with Gasteiger partial charge < -0.3 is 19.7 Å². The Bertz CT molecular complexity index is 869. The van der Waals surface area contributed by atoms with Crippen LogP contribution < -0.4 is 5.32 Å². The number of benzene rings is 2. The summed E-state index contributed by atoms with van der Waals surface area (Å²) in [6.45, 7) is 0. The third kappa shape index (κ3) is 6.36. The van der Waals surface area contributed by atoms with Crippen LogP contribution in [0.3, 0.4) is 0 Å². The number of hydrogen-bond acceptors (Lipinski definition) is 5. The zero-order chi connectivity index (χ0) is 20.7. The van der Waals surface area contributed by atoms with E-state index in [1.54, 1.807) is 36.4 Å². The first-order chi connectivity index (χ1) is 13.3. The molecule has 1 amide bonds. The van der Waals surface area contributed by atoms with Crippen molar-refractivity contribution in [3.05, 3.63) is 69.1 Å². The normalized spacial score (nSPS) is 13.1. The minimum absolute atomic E-state index is 0.129. The molecule has 0 heterocycles. The van der Waals surface area contributed by atoms with Crippen LogP contribution in [0.2, 0.25) is 0 Å². The molecule has 3 N–H and O–H groups in total. The molecule has 0 fully saturated rings. The van der Waals surface area contributed by atoms with Crippen LogP contribution in [0.4, 0.5) is 10.5 Å². The van der Waals surface area contributed by atoms with Crippen molar-refractivity contribution >= 4 is 49.6 Å². The van der Waals surface area contributed by atoms with Crippen molar-refractivity contribution < 1.29 is 29.3 Å². The first-order valence-electron chi connectivity index (χ1n) is 7.95. The molecule has 2 atom stereocenters. The molecule has 0 aliphatic heterocycles. The SMILES string of the molecule is CO[C@@H](/C=C/C(=O)O)[C@@H](OC(=O)Nc1ccc(Br)cc1)c1cc(Br)ccc1O. The number of rotatable bonds is 7. The Labute approximate surface area is 178 Å². The highest BCUT2D eigenvalue weighted by atomic mass is 79.9. The van der Waals surface area contributed by atoms with Crippen molar-refractivity contribution in [3.63, 3.8) is 0 Å². The highest BCUT2D eigenvalue weighted by molar-refractivity contribution is 9.10. The highest BCUT2D eigenvalue weighted by Crippen LogP contribution is 2.34. The second-order valence-corrected chi connectivity index (χ2v) is 7.39. The van der Waals surface area contributed by atoms with E-state index in [1.807, 2.05) is 0 Å². The van der Waals surface area contributed by atoms with Crippen LogP contribution >= 0.6 is 31.9 Å². The number of phenolic OH excluding ortho intramolecular Hbond substituents is 1. The summed E-state index contributed by atoms with van der Waals surface area (Å²) in [5.74, 6) is -1.31. The number of aromatic hydroxyl groups is 1. The summed E-state index contributed by atoms with van der Waals surface area (Å²) in [5.41, 5.74) is 0.752. The molecule has 0 aromatic heterocycles. The lowest BCUT2D eigenvalue weighted by Gasteiger charge is -2.25. The molecule has 0 aliphatic carbocycles. The lowest BCUT2D eigenvalue weighted by molar-refractivity contribution is -0.131. The molecule has 9 heteroatoms. The molecule has 0 radical (unpaired) electrons. The molecule has 0 saturated carbocycles. The molecular weight excluding hydrogens is 498 g/mol. The number of carbonyl (C=O) groups is 2. The fourth-order valence-corrected chi connectivity index (χ4v) is 2.98. The zero-order valence-electron chi connectivity index (χ0n) is 14.6. The standard InChI is InChI=1S/C19H17Br2NO6/c1-27-16(8-9-17(24)25)18(14-10-12(21)4-7-15(14)23)28-19(26)22-13-5-2-11(20)3-6-13/h2-10,16,18,23H,1H3,(H,22,26)(H,24,25)/b9-8+/t16-,18-/m0/s1. The zero-order valence-corrected chi connectivity index (χ0v) is 17.8. The Morgan fingerprint density at radius 1 is 1.11 bits per heavy atom. The lowest BCUT2D eigenvalue weighted by Crippen LogP contribution is -2.27. The van der Waals surface area contributed by atoms with Gasteiger partial charge in [0.25, 0.3) is 0 Å². The summed E-state index contributed by atoms with van der Waals surface area (Å²) in [7, 11) is 1.34. The number of hydrogen-bond donors (Lipinski definition) is 3. The van der Waals surface area contributed by atoms with Crippen LogP contribution in [0.25, 0.3) is 0 Å². The molecule has 0 unspecified atom stereocenters. The topological polar surface area (TPSA) is 105 Å². The molecule has 2 aromatic rings. The van der Waals surface area contributed by atoms with E-state index in [2.05, 4.69) is 37.2 Å². The number of carboxylic acid groups (broad SMARTS) is 1. The van der Waals surface area contributed by atoms with Gasteiger partial charge in [-0.15, -0.1) is 0 Å². The van der Waals surface area contributed by atoms with E-state index in [4.69, 9.17) is 14.6 Å². The average molecular weight is 515 g/mol. The van der Waals surface area contributed by atoms with Crippen molar-refractivity contribution in [1.29, 1.82) is 0 Å². The van der Waals surface area contributed by atoms with Gasteiger partial charge in [0.2, 0.25) is 0 Å². The van der Waals surface area contributed by atoms with Gasteiger partial charge in [-0.2, -0.15) is 0 Å². The summed E-state index contributed by atoms with van der Waals surface area (Å²) in [6, 6.07) is 11.5. The molecule has 0 saturated heterocycles. The second kappa shape index (κ2) is 10.3. The van der Waals surface area contributed by atoms with Crippen molar-refractivity contribution in [1.82, 2.24) is 0 Å². The van der Waals surface area contributed by atoms with E-state index in [0.717, 1.165) is 10.5 Å². The molecule has 7 nitrogen and oxygen atoms in total. The van der Waals surface area contributed by atoms with Crippen LogP contribution in [0.5, 0.6) is 5.75 Å². The van der Waals surface area contributed by atoms with E-state index >= 15 is 0 Å². The number of methoxy groups -OCH3 is 1. The maximum atomic E-state index is 12.4. The first-order valence-corrected chi connectivity index (χ1v) is 9.54. The Hall–Kier alpha value is -2.36. The number of ether oxygens (including phenoxy) is 2. The predicted octanol–water partition coefficient (Wildman–Crippen LogP) is 4.86. The molecule has 0 bridgehead atoms. The van der Waals surface area contributed by atoms with Crippen LogP contribution in [0.15, 0.2) is 63.6 Å². The second-order valence-electron chi connectivity index (χ2n) is 5.56. The summed E-state index contributed by atoms with van der Waals surface area (Å²) < 4.78 is 12.3. The number of anilines is 1. The van der Waals surface area contributed by atoms with Crippen LogP contribution in [-0.2, 0) is 14.3 Å². The summed E-state index contributed by atoms with van der Waals surface area (Å²) in [6.07, 6.45) is -0.732. The Morgan fingerprint density at radius 2 is 1.75 bits per heavy atom. The van der Waals surface area contributed by atoms with E-state index < -0.39 is 24.3 Å². The third-order valence-corrected chi connectivity index (χ3v) is 4.64. The number of carboxylic acids is 1. The molecule has 148 valence electrons. The van der Waals surface area contributed by atoms with Gasteiger partial charge in [-0.3, -0.25) is 5.32 Å². The molecule has 2 aromatic carbocycles. The van der Waals surface area contributed by atoms with Gasteiger partial charge in [0.15, 0.2) is 6.10 Å². The average Bonchev–Trinajstić information content (AvgIpc) is 2.65. The van der Waals surface area contributed by atoms with Crippen molar-refractivity contribution in [2.45, 2.75) is 12.2 Å². The Kier molecular flexibility index (Phi) is 8.04. The van der Waals surface area contributed by atoms with Gasteiger partial charge in [-0.1, -0.05) is 31.9 Å². The van der Waals surface area contributed by atoms with Gasteiger partial charge >= 0.3 is 12.1 Å². The Balaban J connectivity index is 2.31. The number of aliphatic carboxylic acids is 1. The number of nitrogens with one attached hydrogen (secondary N) is 1. The summed E-state index contributed by atoms with van der Waals surface area (Å²) >= 11 is 6.61. The van der Waals surface area contributed by atoms with Gasteiger partial charge in [-0.05, 0) is 48.5 Å². The van der Waals surface area contributed by atoms with Gasteiger partial charge in [0.05, 0.1) is 0 Å². The van der Waals surface area contributed by atoms with Crippen molar-refractivity contribution in [2.75, 3.05) is 12.4 Å². The van der Waals surface area contributed by atoms with Crippen molar-refractivity contribution in [3.8, 4) is 5.75 Å². The fourth-order valence-electron chi connectivity index (χ4n) is 2.34. The van der Waals surface area contributed by atoms with E-state index in [-0.39, 0.29) is 11.3 Å². The van der Waals surface area contributed by atoms with Gasteiger partial charge in [0, 0.05) is 33.4 Å². The number of carbonyl (C=O) groups excluding carboxylic acids is 1. The molecule has 28 heavy (non-hydrogen) atoms. The number of amides is 1. The molecular formula is C19H17Br2NO6. The molecule has 0 spiro atoms. The van der Waals surface area contributed by atoms with Crippen LogP contribution in [-0.4, -0.2) is 35.5 Å². The fraction of sp³-hybridized carbons (Fsp3) is 0.158. The largest absolute Gasteiger partial charge is 0.508 e. The molecule has 0 aliphatic rings. The van der Waals surface area contributed by atoms with Crippen LogP contribution in [0.1, 0.15) is 11.7 Å². The van der Waals surface area contributed by atoms with E-state index in [9.17, 15) is 14.7 Å². The maximum Gasteiger partial charge on any atom is 0.412 e. The number of halogens is 2. The minimum Gasteiger partial charge on any atom is -0.508 e. The van der Waals surface area contributed by atoms with Crippen molar-refractivity contribution in [2.24, 2.45) is 0 Å². The maximum absolute atomic E-state index is 12.4. The first kappa shape index (κ1) is 21.9. The molecule has 2 rings (SSSR count). The smallest absolute Gasteiger partial charge is 0.412 e. The highest BCUT2D eigenvalue weighted by Gasteiger charge is 2.28. The van der Waals surface area contributed by atoms with Gasteiger partial charge in [-0.25, -0.2) is 9.59 Å². The Morgan fingerprint density at radius 3 is 2.36 bits per heavy atom. The quantitative estimate of drug-likeness (QED) is 0.455. The van der Waals surface area contributed by atoms with E-state index in [1.165, 1.54) is 19.3 Å². The number of phenols is 1. The monoisotopic (exact) mass is 513 g/mol. The van der Waals surface area contributed by atoms with E-state index in [0.29, 0.717) is 10.2 Å². The lowest BCUT2D eigenvalue weighted by atomic mass is 10.0. The summed E-state index contributed by atoms with van der Waals surface area (Å²) in [4.78, 5) is 23.3. The predicted molar refractivity (Wildman–Crippen MR) is 110 cm³/mol. The minimum atomic E-state index is -1.18.